The number of methoxy groups -OCH3 is 4. The van der Waals surface area contributed by atoms with Crippen molar-refractivity contribution in [2.75, 3.05) is 28.4 Å². The third-order valence-corrected chi connectivity index (χ3v) is 7.22. The molecule has 4 rings (SSSR count). The van der Waals surface area contributed by atoms with Crippen LogP contribution in [0.4, 0.5) is 11.4 Å². The summed E-state index contributed by atoms with van der Waals surface area (Å²) in [6.45, 7) is 2.30. The molecule has 0 spiro atoms. The summed E-state index contributed by atoms with van der Waals surface area (Å²) >= 11 is 6.56. The van der Waals surface area contributed by atoms with E-state index in [9.17, 15) is 29.8 Å². The average molecular weight is 788 g/mol. The third kappa shape index (κ3) is 8.29. The Bertz CT molecular complexity index is 1720. The van der Waals surface area contributed by atoms with Crippen LogP contribution in [-0.2, 0) is 20.2 Å². The first-order chi connectivity index (χ1) is 21.8. The van der Waals surface area contributed by atoms with Crippen LogP contribution in [0.25, 0.3) is 21.5 Å². The highest BCUT2D eigenvalue weighted by molar-refractivity contribution is 9.08. The molecule has 0 aliphatic heterocycles. The summed E-state index contributed by atoms with van der Waals surface area (Å²) < 4.78 is 30.6. The maximum Gasteiger partial charge on any atom is 0.339 e. The van der Waals surface area contributed by atoms with E-state index in [1.165, 1.54) is 40.6 Å². The summed E-state index contributed by atoms with van der Waals surface area (Å²) in [6, 6.07) is 6.13. The van der Waals surface area contributed by atoms with Gasteiger partial charge in [0.15, 0.2) is 23.0 Å². The second-order valence-corrected chi connectivity index (χ2v) is 10.0. The minimum Gasteiger partial charge on any atom is -0.493 e. The number of carbonyl (C=O) groups excluding carboxylic acids is 2. The minimum atomic E-state index is -0.694. The molecule has 0 atom stereocenters. The van der Waals surface area contributed by atoms with Gasteiger partial charge in [0.05, 0.1) is 60.4 Å². The van der Waals surface area contributed by atoms with Gasteiger partial charge in [-0.15, -0.1) is 0 Å². The van der Waals surface area contributed by atoms with E-state index in [1.54, 1.807) is 12.1 Å². The zero-order valence-corrected chi connectivity index (χ0v) is 28.8. The lowest BCUT2D eigenvalue weighted by molar-refractivity contribution is -0.384. The molecule has 2 aromatic carbocycles. The van der Waals surface area contributed by atoms with Crippen molar-refractivity contribution in [2.45, 2.75) is 24.5 Å². The molecule has 0 aliphatic rings. The Morgan fingerprint density at radius 3 is 1.13 bits per heavy atom. The van der Waals surface area contributed by atoms with Gasteiger partial charge in [0.1, 0.15) is 0 Å². The van der Waals surface area contributed by atoms with Crippen LogP contribution in [0.1, 0.15) is 25.2 Å². The van der Waals surface area contributed by atoms with E-state index in [1.807, 2.05) is 0 Å². The fraction of sp³-hybridized carbons (Fsp3) is 0.286. The second kappa shape index (κ2) is 16.6. The summed E-state index contributed by atoms with van der Waals surface area (Å²) in [7, 11) is 5.78. The molecule has 17 nitrogen and oxygen atoms in total. The molecule has 47 heavy (non-hydrogen) atoms. The highest BCUT2D eigenvalue weighted by Crippen LogP contribution is 2.43. The van der Waals surface area contributed by atoms with Crippen molar-refractivity contribution >= 4 is 76.7 Å². The average Bonchev–Trinajstić information content (AvgIpc) is 3.01. The summed E-state index contributed by atoms with van der Waals surface area (Å²) in [5, 5.41) is 25.0. The molecule has 0 amide bonds. The molecule has 0 bridgehead atoms. The molecule has 4 aromatic rings. The van der Waals surface area contributed by atoms with Crippen LogP contribution in [0.15, 0.2) is 24.3 Å². The van der Waals surface area contributed by atoms with Gasteiger partial charge in [-0.05, 0) is 24.3 Å². The zero-order chi connectivity index (χ0) is 34.3. The summed E-state index contributed by atoms with van der Waals surface area (Å²) in [6.07, 6.45) is 0. The Kier molecular flexibility index (Phi) is 13.5. The smallest absolute Gasteiger partial charge is 0.339 e. The van der Waals surface area contributed by atoms with Gasteiger partial charge in [0.2, 0.25) is 0 Å². The van der Waals surface area contributed by atoms with Crippen molar-refractivity contribution in [1.29, 1.82) is 0 Å². The number of hydrogen-bond donors (Lipinski definition) is 0. The third-order valence-electron chi connectivity index (χ3n) is 6.16. The monoisotopic (exact) mass is 786 g/mol. The van der Waals surface area contributed by atoms with Crippen molar-refractivity contribution in [1.82, 2.24) is 9.97 Å². The molecular formula is C28H28Br2N4O13. The highest BCUT2D eigenvalue weighted by atomic mass is 79.9. The van der Waals surface area contributed by atoms with Crippen LogP contribution in [0.3, 0.4) is 0 Å². The normalized spacial score (nSPS) is 10.2. The van der Waals surface area contributed by atoms with Gasteiger partial charge in [-0.25, -0.2) is 9.97 Å². The number of pyridine rings is 2. The van der Waals surface area contributed by atoms with Crippen LogP contribution in [0.5, 0.6) is 34.8 Å². The van der Waals surface area contributed by atoms with Crippen molar-refractivity contribution in [2.24, 2.45) is 0 Å². The van der Waals surface area contributed by atoms with Gasteiger partial charge in [-0.3, -0.25) is 29.8 Å². The number of fused-ring (bicyclic) bond motifs is 2. The van der Waals surface area contributed by atoms with E-state index in [0.29, 0.717) is 55.8 Å². The fourth-order valence-corrected chi connectivity index (χ4v) is 5.16. The van der Waals surface area contributed by atoms with Gasteiger partial charge in [-0.1, -0.05) is 31.9 Å². The summed E-state index contributed by atoms with van der Waals surface area (Å²) in [4.78, 5) is 52.2. The van der Waals surface area contributed by atoms with E-state index >= 15 is 0 Å². The predicted octanol–water partition coefficient (Wildman–Crippen LogP) is 5.14. The molecule has 0 saturated heterocycles. The van der Waals surface area contributed by atoms with E-state index in [-0.39, 0.29) is 28.0 Å². The van der Waals surface area contributed by atoms with Gasteiger partial charge in [0, 0.05) is 35.3 Å². The second-order valence-electron chi connectivity index (χ2n) is 8.90. The Morgan fingerprint density at radius 1 is 0.638 bits per heavy atom. The van der Waals surface area contributed by atoms with E-state index < -0.39 is 33.2 Å². The number of esters is 2. The molecule has 0 radical (unpaired) electrons. The van der Waals surface area contributed by atoms with E-state index in [4.69, 9.17) is 28.4 Å². The number of rotatable bonds is 10. The SMILES string of the molecule is COc1cc2c(CBr)nc(OC(C)=O)c([N+](=O)[O-])c2cc1OC.COc1cc2c(CBr)nc(OC(C)=O)c([N+](=O)[O-])c2cc1OC.O. The topological polar surface area (TPSA) is 233 Å². The minimum absolute atomic E-state index is 0. The number of aromatic nitrogens is 2. The van der Waals surface area contributed by atoms with Crippen molar-refractivity contribution < 1.29 is 53.3 Å². The molecule has 2 aromatic heterocycles. The van der Waals surface area contributed by atoms with Gasteiger partial charge >= 0.3 is 35.1 Å². The maximum atomic E-state index is 11.5. The Balaban J connectivity index is 0.000000320. The van der Waals surface area contributed by atoms with Gasteiger partial charge in [-0.2, -0.15) is 0 Å². The number of hydrogen-bond acceptors (Lipinski definition) is 14. The highest BCUT2D eigenvalue weighted by Gasteiger charge is 2.28. The Labute approximate surface area is 282 Å². The molecule has 2 heterocycles. The molecule has 0 fully saturated rings. The first-order valence-corrected chi connectivity index (χ1v) is 15.0. The van der Waals surface area contributed by atoms with Gasteiger partial charge in [0.25, 0.3) is 0 Å². The molecule has 2 N–H and O–H groups in total. The van der Waals surface area contributed by atoms with E-state index in [0.717, 1.165) is 13.8 Å². The summed E-state index contributed by atoms with van der Waals surface area (Å²) in [5.41, 5.74) is 0.146. The number of alkyl halides is 2. The lowest BCUT2D eigenvalue weighted by atomic mass is 10.1. The van der Waals surface area contributed by atoms with Crippen molar-refractivity contribution in [3.63, 3.8) is 0 Å². The molecular weight excluding hydrogens is 760 g/mol. The molecule has 0 unspecified atom stereocenters. The van der Waals surface area contributed by atoms with E-state index in [2.05, 4.69) is 41.8 Å². The van der Waals surface area contributed by atoms with Crippen LogP contribution in [0.2, 0.25) is 0 Å². The first kappa shape index (κ1) is 38.3. The zero-order valence-electron chi connectivity index (χ0n) is 25.7. The van der Waals surface area contributed by atoms with Crippen molar-refractivity contribution in [3.8, 4) is 34.8 Å². The number of carbonyl (C=O) groups is 2. The number of nitrogens with zero attached hydrogens (tertiary/aromatic N) is 4. The molecule has 0 aliphatic carbocycles. The molecule has 19 heteroatoms. The van der Waals surface area contributed by atoms with Crippen LogP contribution < -0.4 is 28.4 Å². The largest absolute Gasteiger partial charge is 0.493 e. The predicted molar refractivity (Wildman–Crippen MR) is 174 cm³/mol. The quantitative estimate of drug-likeness (QED) is 0.0877. The lowest BCUT2D eigenvalue weighted by Crippen LogP contribution is -2.08. The van der Waals surface area contributed by atoms with Crippen molar-refractivity contribution in [3.05, 3.63) is 55.9 Å². The first-order valence-electron chi connectivity index (χ1n) is 12.8. The van der Waals surface area contributed by atoms with Crippen LogP contribution in [0, 0.1) is 20.2 Å². The number of ether oxygens (including phenoxy) is 6. The lowest BCUT2D eigenvalue weighted by Gasteiger charge is -2.12. The Morgan fingerprint density at radius 2 is 0.915 bits per heavy atom. The number of benzene rings is 2. The maximum absolute atomic E-state index is 11.5. The van der Waals surface area contributed by atoms with Gasteiger partial charge < -0.3 is 33.9 Å². The van der Waals surface area contributed by atoms with Crippen LogP contribution >= 0.6 is 31.9 Å². The molecule has 252 valence electrons. The fourth-order valence-electron chi connectivity index (χ4n) is 4.30. The van der Waals surface area contributed by atoms with Crippen LogP contribution in [-0.4, -0.2) is 65.7 Å². The standard InChI is InChI=1S/2C14H13BrN2O6.H2O/c2*1-7(18)23-14-13(17(19)20)9-5-12(22-3)11(21-2)4-8(9)10(6-15)16-14;/h2*4-5H,6H2,1-3H3;1H2. The molecule has 0 saturated carbocycles. The number of nitro groups is 2. The summed E-state index contributed by atoms with van der Waals surface area (Å²) in [5.74, 6) is -0.612. The number of halogens is 2. The Hall–Kier alpha value is -4.88.